The molecule has 0 unspecified atom stereocenters. The van der Waals surface area contributed by atoms with Gasteiger partial charge in [0.2, 0.25) is 0 Å². The van der Waals surface area contributed by atoms with Crippen LogP contribution in [0, 0.1) is 16.7 Å². The normalized spacial score (nSPS) is 26.6. The van der Waals surface area contributed by atoms with Crippen molar-refractivity contribution in [3.05, 3.63) is 45.5 Å². The number of aryl methyl sites for hydroxylation is 1. The lowest BCUT2D eigenvalue weighted by Crippen LogP contribution is -2.42. The first-order chi connectivity index (χ1) is 16.5. The Morgan fingerprint density at radius 2 is 2.12 bits per heavy atom. The summed E-state index contributed by atoms with van der Waals surface area (Å²) in [5, 5.41) is 34.5. The van der Waals surface area contributed by atoms with Crippen LogP contribution in [0.5, 0.6) is 0 Å². The zero-order chi connectivity index (χ0) is 23.9. The van der Waals surface area contributed by atoms with E-state index in [1.54, 1.807) is 0 Å². The minimum atomic E-state index is -0.545. The number of hydrogen-bond acceptors (Lipinski definition) is 8. The van der Waals surface area contributed by atoms with Crippen LogP contribution in [-0.4, -0.2) is 41.5 Å². The van der Waals surface area contributed by atoms with Crippen LogP contribution in [0.1, 0.15) is 67.1 Å². The van der Waals surface area contributed by atoms with Crippen LogP contribution < -0.4 is 16.0 Å². The molecule has 8 heteroatoms. The number of pyridine rings is 1. The maximum absolute atomic E-state index is 11.4. The van der Waals surface area contributed by atoms with Gasteiger partial charge >= 0.3 is 0 Å². The zero-order valence-electron chi connectivity index (χ0n) is 19.7. The fourth-order valence-corrected chi connectivity index (χ4v) is 7.20. The number of hydrogen-bond donors (Lipinski definition) is 4. The highest BCUT2D eigenvalue weighted by atomic mass is 32.1. The monoisotopic (exact) mass is 476 g/mol. The molecule has 2 fully saturated rings. The summed E-state index contributed by atoms with van der Waals surface area (Å²) >= 11 is 1.49. The van der Waals surface area contributed by atoms with Gasteiger partial charge in [-0.1, -0.05) is 6.07 Å². The Kier molecular flexibility index (Phi) is 6.09. The summed E-state index contributed by atoms with van der Waals surface area (Å²) in [5.74, 6) is 0.954. The molecule has 0 bridgehead atoms. The third kappa shape index (κ3) is 3.68. The van der Waals surface area contributed by atoms with Crippen molar-refractivity contribution >= 4 is 33.6 Å². The fourth-order valence-electron chi connectivity index (χ4n) is 6.03. The molecule has 1 saturated carbocycles. The van der Waals surface area contributed by atoms with Crippen molar-refractivity contribution in [2.45, 2.75) is 63.3 Å². The number of nitrogens with zero attached hydrogens (tertiary/aromatic N) is 3. The number of thiophene rings is 1. The number of allylic oxidation sites excluding steroid dienone is 1. The summed E-state index contributed by atoms with van der Waals surface area (Å²) < 4.78 is 0. The van der Waals surface area contributed by atoms with Crippen molar-refractivity contribution < 1.29 is 5.11 Å². The van der Waals surface area contributed by atoms with Crippen LogP contribution in [0.2, 0.25) is 0 Å². The van der Waals surface area contributed by atoms with Gasteiger partial charge in [0.15, 0.2) is 0 Å². The third-order valence-electron chi connectivity index (χ3n) is 7.70. The van der Waals surface area contributed by atoms with Crippen LogP contribution in [0.25, 0.3) is 5.76 Å². The smallest absolute Gasteiger partial charge is 0.146 e. The Bertz CT molecular complexity index is 1190. The average molecular weight is 477 g/mol. The predicted molar refractivity (Wildman–Crippen MR) is 138 cm³/mol. The number of nitrogens with one attached hydrogen (secondary N) is 2. The van der Waals surface area contributed by atoms with Gasteiger partial charge in [-0.2, -0.15) is 5.26 Å². The van der Waals surface area contributed by atoms with Crippen LogP contribution >= 0.6 is 11.3 Å². The number of aliphatic hydroxyl groups excluding tert-OH is 1. The lowest BCUT2D eigenvalue weighted by molar-refractivity contribution is 0.409. The average Bonchev–Trinajstić information content (AvgIpc) is 3.03. The molecule has 178 valence electrons. The molecular formula is C26H32N6OS. The quantitative estimate of drug-likeness (QED) is 0.472. The molecule has 2 aromatic rings. The first-order valence-electron chi connectivity index (χ1n) is 12.2. The molecule has 1 saturated heterocycles. The number of rotatable bonds is 2. The summed E-state index contributed by atoms with van der Waals surface area (Å²) in [7, 11) is 0. The second kappa shape index (κ2) is 9.05. The van der Waals surface area contributed by atoms with E-state index in [-0.39, 0.29) is 5.76 Å². The zero-order valence-corrected chi connectivity index (χ0v) is 20.5. The van der Waals surface area contributed by atoms with Gasteiger partial charge in [-0.3, -0.25) is 0 Å². The van der Waals surface area contributed by atoms with E-state index in [4.69, 9.17) is 10.7 Å². The minimum absolute atomic E-state index is 0.0976. The first-order valence-corrected chi connectivity index (χ1v) is 13.1. The highest BCUT2D eigenvalue weighted by molar-refractivity contribution is 7.16. The van der Waals surface area contributed by atoms with Crippen molar-refractivity contribution in [2.24, 2.45) is 0 Å². The predicted octanol–water partition coefficient (Wildman–Crippen LogP) is 4.53. The van der Waals surface area contributed by atoms with Gasteiger partial charge < -0.3 is 26.5 Å². The fraction of sp³-hybridized carbons (Fsp3) is 0.500. The molecule has 3 aliphatic rings. The Balaban J connectivity index is 1.54. The number of fused-ring (bicyclic) bond motifs is 2. The number of nitrogens with two attached hydrogens (primary N) is 1. The molecule has 2 atom stereocenters. The van der Waals surface area contributed by atoms with E-state index < -0.39 is 5.41 Å². The number of aliphatic hydroxyl groups is 1. The Hall–Kier alpha value is -2.89. The molecule has 3 heterocycles. The standard InChI is InChI=1S/C26H32N6OS/c1-16-15-30-12-5-13-32(16)21-9-2-7-19(31-21)23(33)17-6-3-10-26(24(17)28)11-4-8-20-22(26)18(14-27)25(29)34-20/h2,7,9,16,28,30,33H,3-6,8,10-13,15,29H2,1H3/b23-17-,28-24?/t16-,26-/m0/s1. The first kappa shape index (κ1) is 22.9. The topological polar surface area (TPSA) is 122 Å². The van der Waals surface area contributed by atoms with Gasteiger partial charge in [0.25, 0.3) is 0 Å². The molecule has 1 aliphatic heterocycles. The SMILES string of the molecule is C[C@H]1CNCCCN1c1cccc(/C(O)=C2\CCC[C@@]3(CCCc4sc(N)c(C#N)c43)C2=N)n1. The highest BCUT2D eigenvalue weighted by Crippen LogP contribution is 2.52. The van der Waals surface area contributed by atoms with Crippen LogP contribution in [0.3, 0.4) is 0 Å². The number of nitriles is 1. The van der Waals surface area contributed by atoms with Gasteiger partial charge in [0, 0.05) is 40.7 Å². The molecule has 34 heavy (non-hydrogen) atoms. The summed E-state index contributed by atoms with van der Waals surface area (Å²) in [6.45, 7) is 5.00. The van der Waals surface area contributed by atoms with Gasteiger partial charge in [0.05, 0.1) is 5.56 Å². The van der Waals surface area contributed by atoms with E-state index in [0.29, 0.717) is 40.0 Å². The Morgan fingerprint density at radius 3 is 2.91 bits per heavy atom. The lowest BCUT2D eigenvalue weighted by atomic mass is 9.60. The van der Waals surface area contributed by atoms with E-state index in [1.165, 1.54) is 11.3 Å². The number of nitrogen functional groups attached to an aromatic ring is 1. The van der Waals surface area contributed by atoms with Crippen LogP contribution in [0.4, 0.5) is 10.8 Å². The number of anilines is 2. The van der Waals surface area contributed by atoms with E-state index in [9.17, 15) is 15.8 Å². The van der Waals surface area contributed by atoms with Gasteiger partial charge in [-0.25, -0.2) is 4.98 Å². The Labute approximate surface area is 204 Å². The molecule has 1 spiro atoms. The summed E-state index contributed by atoms with van der Waals surface area (Å²) in [5.41, 5.74) is 8.75. The minimum Gasteiger partial charge on any atom is -0.505 e. The molecule has 0 amide bonds. The molecule has 0 aromatic carbocycles. The van der Waals surface area contributed by atoms with Crippen molar-refractivity contribution in [2.75, 3.05) is 30.3 Å². The van der Waals surface area contributed by atoms with E-state index >= 15 is 0 Å². The van der Waals surface area contributed by atoms with E-state index in [0.717, 1.165) is 74.4 Å². The van der Waals surface area contributed by atoms with Gasteiger partial charge in [-0.15, -0.1) is 11.3 Å². The second-order valence-electron chi connectivity index (χ2n) is 9.72. The summed E-state index contributed by atoms with van der Waals surface area (Å²) in [6.07, 6.45) is 6.03. The Morgan fingerprint density at radius 1 is 1.32 bits per heavy atom. The van der Waals surface area contributed by atoms with E-state index in [2.05, 4.69) is 23.2 Å². The highest BCUT2D eigenvalue weighted by Gasteiger charge is 2.47. The third-order valence-corrected chi connectivity index (χ3v) is 8.78. The van der Waals surface area contributed by atoms with Crippen molar-refractivity contribution in [1.29, 1.82) is 10.7 Å². The largest absolute Gasteiger partial charge is 0.505 e. The van der Waals surface area contributed by atoms with E-state index in [1.807, 2.05) is 18.2 Å². The maximum atomic E-state index is 11.4. The molecule has 2 aliphatic carbocycles. The molecule has 0 radical (unpaired) electrons. The number of aromatic nitrogens is 1. The maximum Gasteiger partial charge on any atom is 0.146 e. The molecular weight excluding hydrogens is 444 g/mol. The van der Waals surface area contributed by atoms with Crippen LogP contribution in [-0.2, 0) is 11.8 Å². The van der Waals surface area contributed by atoms with Crippen molar-refractivity contribution in [1.82, 2.24) is 10.3 Å². The summed E-state index contributed by atoms with van der Waals surface area (Å²) in [4.78, 5) is 8.26. The van der Waals surface area contributed by atoms with Gasteiger partial charge in [0.1, 0.15) is 28.3 Å². The lowest BCUT2D eigenvalue weighted by Gasteiger charge is -2.42. The van der Waals surface area contributed by atoms with Gasteiger partial charge in [-0.05, 0) is 76.1 Å². The molecule has 2 aromatic heterocycles. The second-order valence-corrected chi connectivity index (χ2v) is 10.9. The van der Waals surface area contributed by atoms with Crippen molar-refractivity contribution in [3.63, 3.8) is 0 Å². The van der Waals surface area contributed by atoms with Crippen molar-refractivity contribution in [3.8, 4) is 6.07 Å². The molecule has 7 nitrogen and oxygen atoms in total. The molecule has 5 N–H and O–H groups in total. The van der Waals surface area contributed by atoms with Crippen LogP contribution in [0.15, 0.2) is 23.8 Å². The molecule has 5 rings (SSSR count). The summed E-state index contributed by atoms with van der Waals surface area (Å²) in [6, 6.07) is 8.39.